The van der Waals surface area contributed by atoms with E-state index in [-0.39, 0.29) is 42.7 Å². The van der Waals surface area contributed by atoms with Crippen LogP contribution < -0.4 is 21.9 Å². The summed E-state index contributed by atoms with van der Waals surface area (Å²) in [6, 6.07) is 16.6. The number of fused-ring (bicyclic) bond motifs is 1. The highest BCUT2D eigenvalue weighted by Gasteiger charge is 2.26. The fourth-order valence-electron chi connectivity index (χ4n) is 4.48. The lowest BCUT2D eigenvalue weighted by atomic mass is 10.0. The molecule has 11 nitrogen and oxygen atoms in total. The van der Waals surface area contributed by atoms with Crippen LogP contribution in [0.15, 0.2) is 64.2 Å². The monoisotopic (exact) mass is 559 g/mol. The second-order valence-electron chi connectivity index (χ2n) is 10.1. The summed E-state index contributed by atoms with van der Waals surface area (Å²) in [6.45, 7) is 5.23. The van der Waals surface area contributed by atoms with Crippen molar-refractivity contribution in [2.45, 2.75) is 27.3 Å². The first-order valence-electron chi connectivity index (χ1n) is 13.2. The average molecular weight is 560 g/mol. The molecule has 0 bridgehead atoms. The van der Waals surface area contributed by atoms with Crippen molar-refractivity contribution >= 4 is 34.3 Å². The molecule has 0 saturated carbocycles. The van der Waals surface area contributed by atoms with Gasteiger partial charge in [-0.3, -0.25) is 24.0 Å². The van der Waals surface area contributed by atoms with Crippen molar-refractivity contribution < 1.29 is 19.1 Å². The van der Waals surface area contributed by atoms with E-state index in [1.807, 2.05) is 69.3 Å². The second kappa shape index (κ2) is 12.6. The molecule has 0 unspecified atom stereocenters. The fraction of sp³-hybridized carbons (Fsp3) is 0.300. The van der Waals surface area contributed by atoms with Gasteiger partial charge < -0.3 is 15.2 Å². The number of carbonyl (C=O) groups excluding carboxylic acids is 2. The van der Waals surface area contributed by atoms with E-state index in [0.717, 1.165) is 16.0 Å². The second-order valence-corrected chi connectivity index (χ2v) is 10.1. The smallest absolute Gasteiger partial charge is 0.339 e. The van der Waals surface area contributed by atoms with E-state index in [9.17, 15) is 19.2 Å². The topological polar surface area (TPSA) is 150 Å². The number of anilines is 2. The van der Waals surface area contributed by atoms with E-state index in [0.29, 0.717) is 16.6 Å². The standard InChI is InChI=1S/C30H33N5O6/c1-18(2)16-35-27(31)26(28(37)33-30(35)39)34(12-13-40-4)25(36)17-41-29(38)22-15-24(20-8-6-5-7-9-20)32-23-11-10-19(3)14-21(22)23/h5-11,14-15,18H,12-13,16-17,31H2,1-4H3,(H,33,37,39). The van der Waals surface area contributed by atoms with Gasteiger partial charge in [0.25, 0.3) is 11.5 Å². The number of rotatable bonds is 10. The third-order valence-electron chi connectivity index (χ3n) is 6.43. The molecule has 41 heavy (non-hydrogen) atoms. The molecule has 214 valence electrons. The van der Waals surface area contributed by atoms with Crippen molar-refractivity contribution in [2.24, 2.45) is 5.92 Å². The lowest BCUT2D eigenvalue weighted by Gasteiger charge is -2.24. The van der Waals surface area contributed by atoms with Crippen LogP contribution >= 0.6 is 0 Å². The molecule has 0 saturated heterocycles. The summed E-state index contributed by atoms with van der Waals surface area (Å²) in [4.78, 5) is 60.0. The maximum absolute atomic E-state index is 13.4. The highest BCUT2D eigenvalue weighted by molar-refractivity contribution is 6.06. The van der Waals surface area contributed by atoms with Crippen LogP contribution in [0.25, 0.3) is 22.2 Å². The highest BCUT2D eigenvalue weighted by atomic mass is 16.5. The number of nitrogens with one attached hydrogen (secondary N) is 1. The van der Waals surface area contributed by atoms with E-state index in [1.165, 1.54) is 11.7 Å². The molecule has 1 amide bonds. The van der Waals surface area contributed by atoms with E-state index in [1.54, 1.807) is 6.07 Å². The third kappa shape index (κ3) is 6.52. The van der Waals surface area contributed by atoms with Gasteiger partial charge in [-0.05, 0) is 31.0 Å². The third-order valence-corrected chi connectivity index (χ3v) is 6.43. The molecule has 0 aliphatic carbocycles. The summed E-state index contributed by atoms with van der Waals surface area (Å²) in [5, 5.41) is 0.583. The van der Waals surface area contributed by atoms with Crippen LogP contribution in [0.2, 0.25) is 0 Å². The zero-order chi connectivity index (χ0) is 29.7. The number of nitrogen functional groups attached to an aromatic ring is 1. The van der Waals surface area contributed by atoms with Gasteiger partial charge in [0.05, 0.1) is 23.4 Å². The molecule has 4 rings (SSSR count). The summed E-state index contributed by atoms with van der Waals surface area (Å²) >= 11 is 0. The van der Waals surface area contributed by atoms with Crippen molar-refractivity contribution in [3.8, 4) is 11.3 Å². The lowest BCUT2D eigenvalue weighted by molar-refractivity contribution is -0.121. The first-order chi connectivity index (χ1) is 19.6. The summed E-state index contributed by atoms with van der Waals surface area (Å²) in [5.41, 5.74) is 7.69. The predicted molar refractivity (Wildman–Crippen MR) is 157 cm³/mol. The number of nitrogens with two attached hydrogens (primary N) is 1. The number of aromatic amines is 1. The lowest BCUT2D eigenvalue weighted by Crippen LogP contribution is -2.44. The Morgan fingerprint density at radius 3 is 2.51 bits per heavy atom. The molecule has 0 radical (unpaired) electrons. The van der Waals surface area contributed by atoms with E-state index in [2.05, 4.69) is 4.98 Å². The average Bonchev–Trinajstić information content (AvgIpc) is 2.95. The van der Waals surface area contributed by atoms with Gasteiger partial charge in [-0.15, -0.1) is 0 Å². The Morgan fingerprint density at radius 2 is 1.83 bits per heavy atom. The van der Waals surface area contributed by atoms with Crippen molar-refractivity contribution in [3.05, 3.63) is 86.6 Å². The summed E-state index contributed by atoms with van der Waals surface area (Å²) in [6.07, 6.45) is 0. The van der Waals surface area contributed by atoms with E-state index < -0.39 is 29.7 Å². The minimum absolute atomic E-state index is 0.0393. The molecule has 3 N–H and O–H groups in total. The SMILES string of the molecule is COCCN(C(=O)COC(=O)c1cc(-c2ccccc2)nc2ccc(C)cc12)c1c(N)n(CC(C)C)c(=O)[nH]c1=O. The number of hydrogen-bond acceptors (Lipinski definition) is 8. The van der Waals surface area contributed by atoms with E-state index >= 15 is 0 Å². The van der Waals surface area contributed by atoms with Crippen LogP contribution in [0.3, 0.4) is 0 Å². The number of benzene rings is 2. The van der Waals surface area contributed by atoms with Crippen molar-refractivity contribution in [2.75, 3.05) is 37.5 Å². The van der Waals surface area contributed by atoms with Crippen LogP contribution in [0.4, 0.5) is 11.5 Å². The number of amides is 1. The van der Waals surface area contributed by atoms with Crippen molar-refractivity contribution in [1.29, 1.82) is 0 Å². The Labute approximate surface area is 236 Å². The summed E-state index contributed by atoms with van der Waals surface area (Å²) in [7, 11) is 1.44. The molecular weight excluding hydrogens is 526 g/mol. The molecule has 0 aliphatic heterocycles. The van der Waals surface area contributed by atoms with Crippen molar-refractivity contribution in [3.63, 3.8) is 0 Å². The zero-order valence-corrected chi connectivity index (χ0v) is 23.5. The summed E-state index contributed by atoms with van der Waals surface area (Å²) in [5.74, 6) is -1.56. The van der Waals surface area contributed by atoms with Gasteiger partial charge in [0, 0.05) is 31.1 Å². The first kappa shape index (κ1) is 29.2. The molecule has 0 fully saturated rings. The number of esters is 1. The first-order valence-corrected chi connectivity index (χ1v) is 13.2. The minimum atomic E-state index is -0.827. The number of hydrogen-bond donors (Lipinski definition) is 2. The van der Waals surface area contributed by atoms with Gasteiger partial charge >= 0.3 is 11.7 Å². The molecule has 2 aromatic carbocycles. The van der Waals surface area contributed by atoms with Gasteiger partial charge in [-0.1, -0.05) is 55.8 Å². The normalized spacial score (nSPS) is 11.1. The Kier molecular flexibility index (Phi) is 8.98. The Bertz CT molecular complexity index is 1690. The number of H-pyrrole nitrogens is 1. The van der Waals surface area contributed by atoms with Crippen molar-refractivity contribution in [1.82, 2.24) is 14.5 Å². The zero-order valence-electron chi connectivity index (χ0n) is 23.5. The quantitative estimate of drug-likeness (QED) is 0.282. The Hall–Kier alpha value is -4.77. The molecule has 2 aromatic heterocycles. The Morgan fingerprint density at radius 1 is 1.10 bits per heavy atom. The molecule has 11 heteroatoms. The van der Waals surface area contributed by atoms with Gasteiger partial charge in [0.1, 0.15) is 5.82 Å². The van der Waals surface area contributed by atoms with Gasteiger partial charge in [-0.2, -0.15) is 0 Å². The van der Waals surface area contributed by atoms with Gasteiger partial charge in [0.15, 0.2) is 12.3 Å². The number of aryl methyl sites for hydroxylation is 1. The molecule has 2 heterocycles. The number of methoxy groups -OCH3 is 1. The highest BCUT2D eigenvalue weighted by Crippen LogP contribution is 2.26. The van der Waals surface area contributed by atoms with Crippen LogP contribution in [0, 0.1) is 12.8 Å². The van der Waals surface area contributed by atoms with E-state index in [4.69, 9.17) is 20.2 Å². The number of nitrogens with zero attached hydrogens (tertiary/aromatic N) is 3. The number of carbonyl (C=O) groups is 2. The molecular formula is C30H33N5O6. The van der Waals surface area contributed by atoms with Crippen LogP contribution in [-0.4, -0.2) is 53.3 Å². The largest absolute Gasteiger partial charge is 0.452 e. The Balaban J connectivity index is 1.67. The molecule has 0 atom stereocenters. The molecule has 0 spiro atoms. The van der Waals surface area contributed by atoms with Crippen LogP contribution in [0.1, 0.15) is 29.8 Å². The summed E-state index contributed by atoms with van der Waals surface area (Å²) < 4.78 is 11.8. The predicted octanol–water partition coefficient (Wildman–Crippen LogP) is 3.13. The van der Waals surface area contributed by atoms with Gasteiger partial charge in [-0.25, -0.2) is 14.6 Å². The molecule has 4 aromatic rings. The molecule has 0 aliphatic rings. The maximum atomic E-state index is 13.4. The number of aromatic nitrogens is 3. The number of ether oxygens (including phenoxy) is 2. The number of pyridine rings is 1. The minimum Gasteiger partial charge on any atom is -0.452 e. The maximum Gasteiger partial charge on any atom is 0.339 e. The van der Waals surface area contributed by atoms with Crippen LogP contribution in [-0.2, 0) is 20.8 Å². The fourth-order valence-corrected chi connectivity index (χ4v) is 4.48. The van der Waals surface area contributed by atoms with Crippen LogP contribution in [0.5, 0.6) is 0 Å². The van der Waals surface area contributed by atoms with Gasteiger partial charge in [0.2, 0.25) is 0 Å².